The lowest BCUT2D eigenvalue weighted by Crippen LogP contribution is -2.34. The average molecular weight is 256 g/mol. The molecule has 2 nitrogen and oxygen atoms in total. The zero-order chi connectivity index (χ0) is 11.8. The Morgan fingerprint density at radius 2 is 1.88 bits per heavy atom. The number of hydrogen-bond donors (Lipinski definition) is 1. The Morgan fingerprint density at radius 1 is 1.00 bits per heavy atom. The third-order valence-corrected chi connectivity index (χ3v) is 5.05. The molecule has 2 rings (SSSR count). The third-order valence-electron chi connectivity index (χ3n) is 4.00. The van der Waals surface area contributed by atoms with Gasteiger partial charge in [-0.25, -0.2) is 0 Å². The fraction of sp³-hybridized carbons (Fsp3) is 1.00. The SMILES string of the molecule is C1CCC(NCCCN2CCCSCC2)CC1. The van der Waals surface area contributed by atoms with Gasteiger partial charge in [0.2, 0.25) is 0 Å². The molecule has 0 aromatic carbocycles. The van der Waals surface area contributed by atoms with Crippen LogP contribution in [-0.2, 0) is 0 Å². The summed E-state index contributed by atoms with van der Waals surface area (Å²) in [5.41, 5.74) is 0. The van der Waals surface area contributed by atoms with Crippen molar-refractivity contribution in [2.24, 2.45) is 0 Å². The number of nitrogens with one attached hydrogen (secondary N) is 1. The smallest absolute Gasteiger partial charge is 0.00724 e. The van der Waals surface area contributed by atoms with Gasteiger partial charge in [0.15, 0.2) is 0 Å². The topological polar surface area (TPSA) is 15.3 Å². The van der Waals surface area contributed by atoms with E-state index in [2.05, 4.69) is 22.0 Å². The van der Waals surface area contributed by atoms with Crippen LogP contribution in [-0.4, -0.2) is 48.6 Å². The molecule has 3 heteroatoms. The molecule has 1 saturated heterocycles. The third kappa shape index (κ3) is 5.62. The van der Waals surface area contributed by atoms with E-state index in [1.807, 2.05) is 0 Å². The van der Waals surface area contributed by atoms with Crippen molar-refractivity contribution >= 4 is 11.8 Å². The first-order valence-corrected chi connectivity index (χ1v) is 8.64. The minimum atomic E-state index is 0.837. The highest BCUT2D eigenvalue weighted by atomic mass is 32.2. The van der Waals surface area contributed by atoms with Gasteiger partial charge in [-0.05, 0) is 51.1 Å². The molecule has 100 valence electrons. The summed E-state index contributed by atoms with van der Waals surface area (Å²) < 4.78 is 0. The van der Waals surface area contributed by atoms with E-state index in [1.54, 1.807) is 0 Å². The molecule has 0 aromatic heterocycles. The molecule has 0 bridgehead atoms. The molecule has 17 heavy (non-hydrogen) atoms. The van der Waals surface area contributed by atoms with E-state index in [0.29, 0.717) is 0 Å². The van der Waals surface area contributed by atoms with E-state index in [9.17, 15) is 0 Å². The maximum Gasteiger partial charge on any atom is 0.00724 e. The second-order valence-corrected chi connectivity index (χ2v) is 6.67. The second-order valence-electron chi connectivity index (χ2n) is 5.45. The normalized spacial score (nSPS) is 24.7. The molecule has 2 fully saturated rings. The standard InChI is InChI=1S/C14H28N2S/c1-2-6-14(7-3-1)15-8-4-9-16-10-5-12-17-13-11-16/h14-15H,1-13H2. The van der Waals surface area contributed by atoms with Crippen LogP contribution in [0, 0.1) is 0 Å². The Hall–Kier alpha value is 0.270. The maximum absolute atomic E-state index is 3.74. The molecule has 0 unspecified atom stereocenters. The van der Waals surface area contributed by atoms with Crippen LogP contribution >= 0.6 is 11.8 Å². The summed E-state index contributed by atoms with van der Waals surface area (Å²) in [7, 11) is 0. The van der Waals surface area contributed by atoms with Crippen molar-refractivity contribution in [1.29, 1.82) is 0 Å². The Kier molecular flexibility index (Phi) is 6.76. The summed E-state index contributed by atoms with van der Waals surface area (Å²) in [6.07, 6.45) is 9.91. The van der Waals surface area contributed by atoms with Crippen LogP contribution in [0.3, 0.4) is 0 Å². The van der Waals surface area contributed by atoms with Crippen LogP contribution in [0.2, 0.25) is 0 Å². The van der Waals surface area contributed by atoms with E-state index in [-0.39, 0.29) is 0 Å². The summed E-state index contributed by atoms with van der Waals surface area (Å²) in [6, 6.07) is 0.837. The summed E-state index contributed by atoms with van der Waals surface area (Å²) in [4.78, 5) is 2.66. The molecular formula is C14H28N2S. The predicted octanol–water partition coefficient (Wildman–Crippen LogP) is 2.74. The average Bonchev–Trinajstić information content (AvgIpc) is 2.65. The van der Waals surface area contributed by atoms with Crippen LogP contribution in [0.1, 0.15) is 44.9 Å². The van der Waals surface area contributed by atoms with Crippen molar-refractivity contribution in [3.63, 3.8) is 0 Å². The van der Waals surface area contributed by atoms with E-state index < -0.39 is 0 Å². The molecule has 1 aliphatic carbocycles. The minimum Gasteiger partial charge on any atom is -0.314 e. The Labute approximate surface area is 111 Å². The van der Waals surface area contributed by atoms with E-state index in [0.717, 1.165) is 6.04 Å². The molecule has 2 aliphatic rings. The molecule has 0 aromatic rings. The van der Waals surface area contributed by atoms with Crippen molar-refractivity contribution < 1.29 is 0 Å². The molecule has 1 saturated carbocycles. The van der Waals surface area contributed by atoms with Crippen LogP contribution in [0.25, 0.3) is 0 Å². The van der Waals surface area contributed by atoms with Crippen LogP contribution in [0.4, 0.5) is 0 Å². The highest BCUT2D eigenvalue weighted by molar-refractivity contribution is 7.99. The van der Waals surface area contributed by atoms with Gasteiger partial charge < -0.3 is 10.2 Å². The predicted molar refractivity (Wildman–Crippen MR) is 77.9 cm³/mol. The van der Waals surface area contributed by atoms with Gasteiger partial charge in [-0.3, -0.25) is 0 Å². The Morgan fingerprint density at radius 3 is 2.76 bits per heavy atom. The van der Waals surface area contributed by atoms with Crippen molar-refractivity contribution in [3.8, 4) is 0 Å². The summed E-state index contributed by atoms with van der Waals surface area (Å²) >= 11 is 2.12. The molecule has 0 spiro atoms. The summed E-state index contributed by atoms with van der Waals surface area (Å²) in [6.45, 7) is 5.18. The summed E-state index contributed by atoms with van der Waals surface area (Å²) in [5.74, 6) is 2.72. The number of rotatable bonds is 5. The van der Waals surface area contributed by atoms with Crippen LogP contribution in [0.15, 0.2) is 0 Å². The van der Waals surface area contributed by atoms with Gasteiger partial charge in [0.1, 0.15) is 0 Å². The number of hydrogen-bond acceptors (Lipinski definition) is 3. The zero-order valence-electron chi connectivity index (χ0n) is 11.1. The first kappa shape index (κ1) is 13.7. The Bertz CT molecular complexity index is 185. The number of nitrogens with zero attached hydrogens (tertiary/aromatic N) is 1. The highest BCUT2D eigenvalue weighted by Gasteiger charge is 2.12. The maximum atomic E-state index is 3.74. The molecule has 0 atom stereocenters. The van der Waals surface area contributed by atoms with Gasteiger partial charge in [0.25, 0.3) is 0 Å². The van der Waals surface area contributed by atoms with Gasteiger partial charge >= 0.3 is 0 Å². The first-order valence-electron chi connectivity index (χ1n) is 7.48. The van der Waals surface area contributed by atoms with Gasteiger partial charge in [-0.1, -0.05) is 19.3 Å². The van der Waals surface area contributed by atoms with E-state index >= 15 is 0 Å². The quantitative estimate of drug-likeness (QED) is 0.762. The van der Waals surface area contributed by atoms with Gasteiger partial charge in [-0.15, -0.1) is 0 Å². The second kappa shape index (κ2) is 8.39. The van der Waals surface area contributed by atoms with Crippen molar-refractivity contribution in [2.75, 3.05) is 37.7 Å². The van der Waals surface area contributed by atoms with Gasteiger partial charge in [0, 0.05) is 18.3 Å². The van der Waals surface area contributed by atoms with Crippen molar-refractivity contribution in [2.45, 2.75) is 51.0 Å². The molecule has 1 N–H and O–H groups in total. The molecule has 1 aliphatic heterocycles. The van der Waals surface area contributed by atoms with Crippen LogP contribution in [0.5, 0.6) is 0 Å². The van der Waals surface area contributed by atoms with Crippen molar-refractivity contribution in [1.82, 2.24) is 10.2 Å². The lowest BCUT2D eigenvalue weighted by atomic mass is 9.95. The molecular weight excluding hydrogens is 228 g/mol. The monoisotopic (exact) mass is 256 g/mol. The molecule has 0 amide bonds. The summed E-state index contributed by atoms with van der Waals surface area (Å²) in [5, 5.41) is 3.74. The fourth-order valence-corrected chi connectivity index (χ4v) is 3.86. The van der Waals surface area contributed by atoms with Gasteiger partial charge in [-0.2, -0.15) is 11.8 Å². The zero-order valence-corrected chi connectivity index (χ0v) is 11.9. The molecule has 1 heterocycles. The first-order chi connectivity index (χ1) is 8.45. The lowest BCUT2D eigenvalue weighted by Gasteiger charge is -2.24. The lowest BCUT2D eigenvalue weighted by molar-refractivity contribution is 0.283. The van der Waals surface area contributed by atoms with Crippen LogP contribution < -0.4 is 5.32 Å². The fourth-order valence-electron chi connectivity index (χ4n) is 2.94. The molecule has 0 radical (unpaired) electrons. The van der Waals surface area contributed by atoms with Gasteiger partial charge in [0.05, 0.1) is 0 Å². The minimum absolute atomic E-state index is 0.837. The highest BCUT2D eigenvalue weighted by Crippen LogP contribution is 2.17. The largest absolute Gasteiger partial charge is 0.314 e. The van der Waals surface area contributed by atoms with Crippen molar-refractivity contribution in [3.05, 3.63) is 0 Å². The van der Waals surface area contributed by atoms with E-state index in [4.69, 9.17) is 0 Å². The number of thioether (sulfide) groups is 1. The van der Waals surface area contributed by atoms with E-state index in [1.165, 1.54) is 82.6 Å². The Balaban J connectivity index is 1.49.